The number of amides is 1. The zero-order valence-electron chi connectivity index (χ0n) is 13.7. The van der Waals surface area contributed by atoms with Crippen LogP contribution in [0.1, 0.15) is 11.5 Å². The molecule has 2 unspecified atom stereocenters. The Balaban J connectivity index is 1.68. The number of likely N-dealkylation sites (tertiary alicyclic amines) is 1. The van der Waals surface area contributed by atoms with Crippen LogP contribution in [-0.4, -0.2) is 49.9 Å². The Labute approximate surface area is 155 Å². The fraction of sp³-hybridized carbons (Fsp3) is 0.294. The molecule has 2 heterocycles. The average Bonchev–Trinajstić information content (AvgIpc) is 3.30. The van der Waals surface area contributed by atoms with Gasteiger partial charge in [-0.2, -0.15) is 0 Å². The Morgan fingerprint density at radius 2 is 1.88 bits per heavy atom. The zero-order valence-corrected chi connectivity index (χ0v) is 15.4. The number of sulfonamides is 1. The van der Waals surface area contributed by atoms with E-state index in [1.807, 2.05) is 30.3 Å². The number of carboxylic acids is 1. The van der Waals surface area contributed by atoms with E-state index >= 15 is 0 Å². The molecule has 1 fully saturated rings. The minimum Gasteiger partial charge on any atom is -0.481 e. The zero-order chi connectivity index (χ0) is 18.7. The van der Waals surface area contributed by atoms with Crippen LogP contribution in [0.25, 0.3) is 0 Å². The van der Waals surface area contributed by atoms with Crippen LogP contribution in [0.3, 0.4) is 0 Å². The van der Waals surface area contributed by atoms with E-state index in [1.54, 1.807) is 11.4 Å². The van der Waals surface area contributed by atoms with Gasteiger partial charge < -0.3 is 10.0 Å². The summed E-state index contributed by atoms with van der Waals surface area (Å²) >= 11 is 1.06. The first-order chi connectivity index (χ1) is 12.4. The highest BCUT2D eigenvalue weighted by Crippen LogP contribution is 2.32. The Morgan fingerprint density at radius 1 is 1.15 bits per heavy atom. The van der Waals surface area contributed by atoms with Gasteiger partial charge in [0.15, 0.2) is 0 Å². The first-order valence-corrected chi connectivity index (χ1v) is 10.3. The van der Waals surface area contributed by atoms with Gasteiger partial charge >= 0.3 is 5.97 Å². The summed E-state index contributed by atoms with van der Waals surface area (Å²) in [4.78, 5) is 25.4. The van der Waals surface area contributed by atoms with Crippen LogP contribution >= 0.6 is 11.3 Å². The van der Waals surface area contributed by atoms with Crippen LogP contribution in [0.2, 0.25) is 0 Å². The van der Waals surface area contributed by atoms with E-state index in [4.69, 9.17) is 0 Å². The highest BCUT2D eigenvalue weighted by Gasteiger charge is 2.40. The van der Waals surface area contributed by atoms with Crippen molar-refractivity contribution in [1.29, 1.82) is 0 Å². The highest BCUT2D eigenvalue weighted by molar-refractivity contribution is 7.91. The van der Waals surface area contributed by atoms with Crippen LogP contribution in [0.5, 0.6) is 0 Å². The van der Waals surface area contributed by atoms with Crippen LogP contribution in [0, 0.1) is 5.92 Å². The minimum atomic E-state index is -3.73. The maximum Gasteiger partial charge on any atom is 0.308 e. The summed E-state index contributed by atoms with van der Waals surface area (Å²) in [5, 5.41) is 11.1. The smallest absolute Gasteiger partial charge is 0.308 e. The Bertz CT molecular complexity index is 881. The Morgan fingerprint density at radius 3 is 2.50 bits per heavy atom. The van der Waals surface area contributed by atoms with Gasteiger partial charge in [0.1, 0.15) is 4.21 Å². The molecule has 1 aromatic heterocycles. The molecule has 1 aliphatic rings. The van der Waals surface area contributed by atoms with Crippen molar-refractivity contribution >= 4 is 33.2 Å². The quantitative estimate of drug-likeness (QED) is 0.770. The van der Waals surface area contributed by atoms with Gasteiger partial charge in [-0.3, -0.25) is 9.59 Å². The van der Waals surface area contributed by atoms with Gasteiger partial charge in [-0.15, -0.1) is 11.3 Å². The normalized spacial score (nSPS) is 20.2. The first kappa shape index (κ1) is 18.6. The lowest BCUT2D eigenvalue weighted by molar-refractivity contribution is -0.141. The number of hydrogen-bond acceptors (Lipinski definition) is 5. The maximum absolute atomic E-state index is 12.4. The van der Waals surface area contributed by atoms with E-state index in [0.29, 0.717) is 0 Å². The molecule has 1 amide bonds. The van der Waals surface area contributed by atoms with E-state index in [2.05, 4.69) is 4.72 Å². The van der Waals surface area contributed by atoms with Crippen molar-refractivity contribution in [2.45, 2.75) is 10.1 Å². The van der Waals surface area contributed by atoms with Crippen molar-refractivity contribution in [3.8, 4) is 0 Å². The molecule has 0 saturated carbocycles. The minimum absolute atomic E-state index is 0.0639. The summed E-state index contributed by atoms with van der Waals surface area (Å²) in [7, 11) is -3.73. The Kier molecular flexibility index (Phi) is 5.40. The number of aliphatic carboxylic acids is 1. The van der Waals surface area contributed by atoms with Gasteiger partial charge in [-0.1, -0.05) is 36.4 Å². The van der Waals surface area contributed by atoms with Crippen LogP contribution in [0.4, 0.5) is 0 Å². The molecule has 3 rings (SSSR count). The topological polar surface area (TPSA) is 104 Å². The fourth-order valence-corrected chi connectivity index (χ4v) is 5.06. The van der Waals surface area contributed by atoms with Crippen LogP contribution < -0.4 is 4.72 Å². The summed E-state index contributed by atoms with van der Waals surface area (Å²) in [6.07, 6.45) is 0. The largest absolute Gasteiger partial charge is 0.481 e. The highest BCUT2D eigenvalue weighted by atomic mass is 32.2. The number of benzene rings is 1. The summed E-state index contributed by atoms with van der Waals surface area (Å²) in [5.74, 6) is -2.43. The molecule has 1 aliphatic heterocycles. The summed E-state index contributed by atoms with van der Waals surface area (Å²) < 4.78 is 26.6. The lowest BCUT2D eigenvalue weighted by Gasteiger charge is -2.16. The summed E-state index contributed by atoms with van der Waals surface area (Å²) in [6, 6.07) is 12.3. The number of nitrogens with one attached hydrogen (secondary N) is 1. The number of rotatable bonds is 6. The summed E-state index contributed by atoms with van der Waals surface area (Å²) in [5.41, 5.74) is 0.856. The molecule has 0 bridgehead atoms. The standard InChI is InChI=1S/C17H18N2O5S2/c20-15(9-18-26(23,24)16-7-4-8-25-16)19-10-13(14(11-19)17(21)22)12-5-2-1-3-6-12/h1-8,13-14,18H,9-11H2,(H,21,22). The molecule has 1 saturated heterocycles. The third-order valence-electron chi connectivity index (χ3n) is 4.39. The predicted octanol–water partition coefficient (Wildman–Crippen LogP) is 1.35. The van der Waals surface area contributed by atoms with E-state index in [0.717, 1.165) is 16.9 Å². The van der Waals surface area contributed by atoms with Crippen LogP contribution in [0.15, 0.2) is 52.1 Å². The monoisotopic (exact) mass is 394 g/mol. The lowest BCUT2D eigenvalue weighted by Crippen LogP contribution is -2.39. The fourth-order valence-electron chi connectivity index (χ4n) is 3.05. The number of hydrogen-bond donors (Lipinski definition) is 2. The molecule has 1 aromatic carbocycles. The number of carbonyl (C=O) groups is 2. The number of carbonyl (C=O) groups excluding carboxylic acids is 1. The van der Waals surface area contributed by atoms with Gasteiger partial charge in [0.2, 0.25) is 5.91 Å². The van der Waals surface area contributed by atoms with Gasteiger partial charge in [0, 0.05) is 19.0 Å². The van der Waals surface area contributed by atoms with Crippen molar-refractivity contribution in [2.24, 2.45) is 5.92 Å². The second-order valence-corrected chi connectivity index (χ2v) is 8.96. The molecule has 0 aliphatic carbocycles. The van der Waals surface area contributed by atoms with E-state index in [-0.39, 0.29) is 23.2 Å². The van der Waals surface area contributed by atoms with Crippen molar-refractivity contribution in [3.05, 3.63) is 53.4 Å². The van der Waals surface area contributed by atoms with Crippen molar-refractivity contribution in [1.82, 2.24) is 9.62 Å². The third-order valence-corrected chi connectivity index (χ3v) is 7.19. The number of carboxylic acid groups (broad SMARTS) is 1. The summed E-state index contributed by atoms with van der Waals surface area (Å²) in [6.45, 7) is -0.0803. The lowest BCUT2D eigenvalue weighted by atomic mass is 9.89. The van der Waals surface area contributed by atoms with Gasteiger partial charge in [-0.05, 0) is 17.0 Å². The van der Waals surface area contributed by atoms with Gasteiger partial charge in [-0.25, -0.2) is 13.1 Å². The molecule has 2 aromatic rings. The second kappa shape index (κ2) is 7.56. The number of nitrogens with zero attached hydrogens (tertiary/aromatic N) is 1. The SMILES string of the molecule is O=C(O)C1CN(C(=O)CNS(=O)(=O)c2cccs2)CC1c1ccccc1. The molecule has 2 atom stereocenters. The molecule has 2 N–H and O–H groups in total. The molecular formula is C17H18N2O5S2. The molecule has 0 radical (unpaired) electrons. The van der Waals surface area contributed by atoms with Gasteiger partial charge in [0.05, 0.1) is 12.5 Å². The molecule has 7 nitrogen and oxygen atoms in total. The molecule has 9 heteroatoms. The van der Waals surface area contributed by atoms with E-state index < -0.39 is 34.4 Å². The third kappa shape index (κ3) is 3.95. The Hall–Kier alpha value is -2.23. The van der Waals surface area contributed by atoms with Crippen LogP contribution in [-0.2, 0) is 19.6 Å². The second-order valence-electron chi connectivity index (χ2n) is 6.02. The van der Waals surface area contributed by atoms with E-state index in [9.17, 15) is 23.1 Å². The molecule has 138 valence electrons. The first-order valence-electron chi connectivity index (χ1n) is 7.97. The predicted molar refractivity (Wildman–Crippen MR) is 96.4 cm³/mol. The van der Waals surface area contributed by atoms with Crippen molar-refractivity contribution in [3.63, 3.8) is 0 Å². The van der Waals surface area contributed by atoms with E-state index in [1.165, 1.54) is 11.0 Å². The molecular weight excluding hydrogens is 376 g/mol. The molecule has 0 spiro atoms. The van der Waals surface area contributed by atoms with Crippen molar-refractivity contribution in [2.75, 3.05) is 19.6 Å². The molecule has 26 heavy (non-hydrogen) atoms. The maximum atomic E-state index is 12.4. The average molecular weight is 394 g/mol. The van der Waals surface area contributed by atoms with Crippen molar-refractivity contribution < 1.29 is 23.1 Å². The van der Waals surface area contributed by atoms with Gasteiger partial charge in [0.25, 0.3) is 10.0 Å². The number of thiophene rings is 1.